The standard InChI is InChI=1S/C18H18ClF3N2O2.C9H9NO3/c1-12-15(9-10-17(2,3)25-4)23-16(19)24(12)11-13-5-7-14(8-6-13)26-18(20,21)22;11-6-10-5-7-1-3-8(4-2-7)9(12)13/h5-8H,11H2,1-4H3;1-4,6H,5H2,(H,10,11)(H,12,13). The zero-order chi connectivity index (χ0) is 29.2. The van der Waals surface area contributed by atoms with Crippen molar-refractivity contribution in [2.45, 2.75) is 45.8 Å². The number of hydrogen-bond donors (Lipinski definition) is 2. The van der Waals surface area contributed by atoms with Gasteiger partial charge in [-0.05, 0) is 73.7 Å². The zero-order valence-electron chi connectivity index (χ0n) is 21.6. The second kappa shape index (κ2) is 13.7. The smallest absolute Gasteiger partial charge is 0.478 e. The number of carboxylic acid groups (broad SMARTS) is 1. The molecule has 0 spiro atoms. The van der Waals surface area contributed by atoms with Crippen molar-refractivity contribution in [2.24, 2.45) is 0 Å². The van der Waals surface area contributed by atoms with E-state index in [1.165, 1.54) is 36.4 Å². The maximum absolute atomic E-state index is 12.2. The van der Waals surface area contributed by atoms with E-state index in [1.54, 1.807) is 23.8 Å². The van der Waals surface area contributed by atoms with Crippen LogP contribution in [0.2, 0.25) is 5.28 Å². The highest BCUT2D eigenvalue weighted by Gasteiger charge is 2.31. The molecule has 8 nitrogen and oxygen atoms in total. The number of rotatable bonds is 8. The normalized spacial score (nSPS) is 11.0. The largest absolute Gasteiger partial charge is 0.573 e. The molecule has 0 radical (unpaired) electrons. The number of carbonyl (C=O) groups excluding carboxylic acids is 1. The third-order valence-electron chi connectivity index (χ3n) is 5.25. The Morgan fingerprint density at radius 3 is 2.23 bits per heavy atom. The number of benzene rings is 2. The van der Waals surface area contributed by atoms with Gasteiger partial charge in [0.05, 0.1) is 17.8 Å². The summed E-state index contributed by atoms with van der Waals surface area (Å²) >= 11 is 6.18. The van der Waals surface area contributed by atoms with Crippen molar-refractivity contribution < 1.29 is 37.3 Å². The number of alkyl halides is 3. The monoisotopic (exact) mass is 565 g/mol. The maximum Gasteiger partial charge on any atom is 0.573 e. The van der Waals surface area contributed by atoms with Gasteiger partial charge in [-0.2, -0.15) is 0 Å². The van der Waals surface area contributed by atoms with Crippen LogP contribution < -0.4 is 10.1 Å². The van der Waals surface area contributed by atoms with E-state index >= 15 is 0 Å². The molecule has 0 aliphatic carbocycles. The number of methoxy groups -OCH3 is 1. The first-order valence-electron chi connectivity index (χ1n) is 11.4. The summed E-state index contributed by atoms with van der Waals surface area (Å²) < 4.78 is 47.4. The topological polar surface area (TPSA) is 103 Å². The van der Waals surface area contributed by atoms with Crippen molar-refractivity contribution in [3.8, 4) is 17.6 Å². The van der Waals surface area contributed by atoms with Crippen molar-refractivity contribution in [3.05, 3.63) is 81.9 Å². The van der Waals surface area contributed by atoms with E-state index in [1.807, 2.05) is 20.8 Å². The van der Waals surface area contributed by atoms with Crippen LogP contribution in [0.1, 0.15) is 46.7 Å². The number of aromatic nitrogens is 2. The Balaban J connectivity index is 0.000000344. The molecule has 3 aromatic rings. The molecule has 0 atom stereocenters. The van der Waals surface area contributed by atoms with Crippen LogP contribution in [-0.4, -0.2) is 46.1 Å². The van der Waals surface area contributed by atoms with Gasteiger partial charge in [0.25, 0.3) is 0 Å². The zero-order valence-corrected chi connectivity index (χ0v) is 22.4. The summed E-state index contributed by atoms with van der Waals surface area (Å²) in [5.41, 5.74) is 2.53. The lowest BCUT2D eigenvalue weighted by Crippen LogP contribution is -2.19. The average Bonchev–Trinajstić information content (AvgIpc) is 3.14. The molecule has 0 bridgehead atoms. The van der Waals surface area contributed by atoms with E-state index in [9.17, 15) is 22.8 Å². The van der Waals surface area contributed by atoms with Gasteiger partial charge in [-0.3, -0.25) is 4.79 Å². The maximum atomic E-state index is 12.2. The first kappa shape index (κ1) is 31.2. The molecular formula is C27H27ClF3N3O5. The summed E-state index contributed by atoms with van der Waals surface area (Å²) in [6.45, 7) is 6.25. The highest BCUT2D eigenvalue weighted by molar-refractivity contribution is 6.28. The average molecular weight is 566 g/mol. The molecule has 0 saturated carbocycles. The number of aromatic carboxylic acids is 1. The Morgan fingerprint density at radius 1 is 1.13 bits per heavy atom. The molecule has 39 heavy (non-hydrogen) atoms. The number of nitrogens with one attached hydrogen (secondary N) is 1. The second-order valence-corrected chi connectivity index (χ2v) is 8.90. The van der Waals surface area contributed by atoms with Gasteiger partial charge in [0, 0.05) is 13.7 Å². The van der Waals surface area contributed by atoms with Gasteiger partial charge in [-0.25, -0.2) is 9.78 Å². The predicted octanol–water partition coefficient (Wildman–Crippen LogP) is 5.20. The lowest BCUT2D eigenvalue weighted by Gasteiger charge is -2.14. The molecule has 12 heteroatoms. The fraction of sp³-hybridized carbons (Fsp3) is 0.296. The van der Waals surface area contributed by atoms with E-state index in [2.05, 4.69) is 26.9 Å². The van der Waals surface area contributed by atoms with Crippen LogP contribution in [-0.2, 0) is 22.6 Å². The minimum atomic E-state index is -4.71. The van der Waals surface area contributed by atoms with E-state index in [4.69, 9.17) is 21.4 Å². The minimum absolute atomic E-state index is 0.245. The molecule has 0 aliphatic rings. The molecule has 208 valence electrons. The fourth-order valence-corrected chi connectivity index (χ4v) is 3.24. The number of carboxylic acids is 1. The summed E-state index contributed by atoms with van der Waals surface area (Å²) in [5, 5.41) is 11.3. The van der Waals surface area contributed by atoms with Crippen LogP contribution >= 0.6 is 11.6 Å². The summed E-state index contributed by atoms with van der Waals surface area (Å²) in [7, 11) is 1.57. The number of carbonyl (C=O) groups is 2. The molecule has 1 amide bonds. The van der Waals surface area contributed by atoms with Gasteiger partial charge in [0.2, 0.25) is 11.7 Å². The van der Waals surface area contributed by atoms with E-state index in [0.29, 0.717) is 25.2 Å². The number of hydrogen-bond acceptors (Lipinski definition) is 5. The molecule has 0 aliphatic heterocycles. The van der Waals surface area contributed by atoms with Crippen LogP contribution in [0.25, 0.3) is 0 Å². The quantitative estimate of drug-likeness (QED) is 0.287. The van der Waals surface area contributed by atoms with Crippen molar-refractivity contribution in [3.63, 3.8) is 0 Å². The summed E-state index contributed by atoms with van der Waals surface area (Å²) in [5.74, 6) is 4.70. The Kier molecular flexibility index (Phi) is 11.0. The van der Waals surface area contributed by atoms with Crippen LogP contribution in [0.4, 0.5) is 13.2 Å². The van der Waals surface area contributed by atoms with E-state index in [0.717, 1.165) is 16.8 Å². The fourth-order valence-electron chi connectivity index (χ4n) is 2.97. The molecule has 0 saturated heterocycles. The molecule has 0 fully saturated rings. The Labute approximate surface area is 228 Å². The van der Waals surface area contributed by atoms with Gasteiger partial charge in [-0.1, -0.05) is 30.2 Å². The third kappa shape index (κ3) is 10.3. The van der Waals surface area contributed by atoms with E-state index in [-0.39, 0.29) is 16.6 Å². The van der Waals surface area contributed by atoms with Crippen LogP contribution in [0.3, 0.4) is 0 Å². The van der Waals surface area contributed by atoms with Gasteiger partial charge < -0.3 is 24.5 Å². The molecule has 2 N–H and O–H groups in total. The highest BCUT2D eigenvalue weighted by atomic mass is 35.5. The summed E-state index contributed by atoms with van der Waals surface area (Å²) in [6.07, 6.45) is -4.11. The molecule has 0 unspecified atom stereocenters. The van der Waals surface area contributed by atoms with Crippen molar-refractivity contribution >= 4 is 24.0 Å². The van der Waals surface area contributed by atoms with Crippen LogP contribution in [0, 0.1) is 18.8 Å². The second-order valence-electron chi connectivity index (χ2n) is 8.56. The molecular weight excluding hydrogens is 539 g/mol. The number of halogens is 4. The number of amides is 1. The van der Waals surface area contributed by atoms with Crippen LogP contribution in [0.5, 0.6) is 5.75 Å². The molecule has 1 heterocycles. The Bertz CT molecular complexity index is 1330. The Hall–Kier alpha value is -4.01. The van der Waals surface area contributed by atoms with Crippen LogP contribution in [0.15, 0.2) is 48.5 Å². The van der Waals surface area contributed by atoms with Crippen molar-refractivity contribution in [2.75, 3.05) is 7.11 Å². The van der Waals surface area contributed by atoms with E-state index < -0.39 is 17.9 Å². The SMILES string of the molecule is COC(C)(C)C#Cc1nc(Cl)n(Cc2ccc(OC(F)(F)F)cc2)c1C.O=CNCc1ccc(C(=O)O)cc1. The third-order valence-corrected chi connectivity index (χ3v) is 5.54. The first-order chi connectivity index (χ1) is 18.2. The van der Waals surface area contributed by atoms with Gasteiger partial charge in [-0.15, -0.1) is 13.2 Å². The first-order valence-corrected chi connectivity index (χ1v) is 11.8. The number of imidazole rings is 1. The summed E-state index contributed by atoms with van der Waals surface area (Å²) in [6, 6.07) is 11.9. The van der Waals surface area contributed by atoms with Gasteiger partial charge >= 0.3 is 12.3 Å². The van der Waals surface area contributed by atoms with Crippen molar-refractivity contribution in [1.82, 2.24) is 14.9 Å². The summed E-state index contributed by atoms with van der Waals surface area (Å²) in [4.78, 5) is 24.6. The molecule has 2 aromatic carbocycles. The molecule has 3 rings (SSSR count). The Morgan fingerprint density at radius 2 is 1.72 bits per heavy atom. The number of ether oxygens (including phenoxy) is 2. The van der Waals surface area contributed by atoms with Gasteiger partial charge in [0.1, 0.15) is 17.0 Å². The minimum Gasteiger partial charge on any atom is -0.478 e. The number of nitrogens with zero attached hydrogens (tertiary/aromatic N) is 2. The molecule has 1 aromatic heterocycles. The lowest BCUT2D eigenvalue weighted by molar-refractivity contribution is -0.274. The van der Waals surface area contributed by atoms with Gasteiger partial charge in [0.15, 0.2) is 0 Å². The lowest BCUT2D eigenvalue weighted by atomic mass is 10.1. The predicted molar refractivity (Wildman–Crippen MR) is 138 cm³/mol. The van der Waals surface area contributed by atoms with Crippen molar-refractivity contribution in [1.29, 1.82) is 0 Å². The highest BCUT2D eigenvalue weighted by Crippen LogP contribution is 2.24.